The van der Waals surface area contributed by atoms with Crippen molar-refractivity contribution in [3.8, 4) is 12.3 Å². The number of aliphatic hydroxyl groups is 1. The molecule has 4 aliphatic carbocycles. The Morgan fingerprint density at radius 1 is 1.07 bits per heavy atom. The van der Waals surface area contributed by atoms with Gasteiger partial charge in [-0.15, -0.1) is 6.42 Å². The third-order valence-electron chi connectivity index (χ3n) is 11.0. The Hall–Kier alpha value is -3.49. The summed E-state index contributed by atoms with van der Waals surface area (Å²) in [7, 11) is 0. The van der Waals surface area contributed by atoms with Crippen molar-refractivity contribution >= 4 is 33.5 Å². The number of pyridine rings is 1. The lowest BCUT2D eigenvalue weighted by atomic mass is 9.49. The zero-order valence-corrected chi connectivity index (χ0v) is 23.1. The van der Waals surface area contributed by atoms with Crippen molar-refractivity contribution in [2.75, 3.05) is 0 Å². The molecule has 0 aliphatic heterocycles. The molecule has 5 heteroatoms. The molecule has 0 saturated heterocycles. The van der Waals surface area contributed by atoms with Gasteiger partial charge in [0.2, 0.25) is 0 Å². The van der Waals surface area contributed by atoms with Crippen LogP contribution in [-0.4, -0.2) is 27.4 Å². The van der Waals surface area contributed by atoms with Crippen molar-refractivity contribution in [3.05, 3.63) is 65.7 Å². The van der Waals surface area contributed by atoms with Crippen LogP contribution >= 0.6 is 0 Å². The minimum Gasteiger partial charge on any atom is -0.377 e. The fraction of sp³-hybridized carbons (Fsp3) is 0.457. The van der Waals surface area contributed by atoms with Gasteiger partial charge in [0, 0.05) is 16.2 Å². The van der Waals surface area contributed by atoms with E-state index in [2.05, 4.69) is 30.1 Å². The van der Waals surface area contributed by atoms with Gasteiger partial charge in [-0.05, 0) is 106 Å². The third kappa shape index (κ3) is 3.76. The molecular formula is C35H36N2O3. The van der Waals surface area contributed by atoms with Gasteiger partial charge in [0.15, 0.2) is 0 Å². The van der Waals surface area contributed by atoms with E-state index in [0.29, 0.717) is 34.8 Å². The Labute approximate surface area is 235 Å². The molecule has 1 aromatic heterocycles. The summed E-state index contributed by atoms with van der Waals surface area (Å²) < 4.78 is 0. The van der Waals surface area contributed by atoms with Gasteiger partial charge < -0.3 is 9.94 Å². The van der Waals surface area contributed by atoms with E-state index in [9.17, 15) is 9.90 Å². The number of terminal acetylenes is 1. The van der Waals surface area contributed by atoms with E-state index in [1.165, 1.54) is 5.57 Å². The molecule has 0 amide bonds. The number of oxime groups is 1. The second-order valence-corrected chi connectivity index (χ2v) is 12.4. The number of allylic oxidation sites excluding steroid dienone is 2. The van der Waals surface area contributed by atoms with Crippen LogP contribution in [0.2, 0.25) is 0 Å². The van der Waals surface area contributed by atoms with E-state index in [1.807, 2.05) is 36.4 Å². The Bertz CT molecular complexity index is 1620. The van der Waals surface area contributed by atoms with Crippen LogP contribution in [-0.2, 0) is 4.84 Å². The van der Waals surface area contributed by atoms with Crippen LogP contribution in [0.3, 0.4) is 0 Å². The van der Waals surface area contributed by atoms with E-state index < -0.39 is 11.6 Å². The smallest absolute Gasteiger partial charge is 0.367 e. The fourth-order valence-electron chi connectivity index (χ4n) is 9.16. The highest BCUT2D eigenvalue weighted by Crippen LogP contribution is 2.66. The molecular weight excluding hydrogens is 496 g/mol. The zero-order valence-electron chi connectivity index (χ0n) is 23.1. The topological polar surface area (TPSA) is 71.8 Å². The summed E-state index contributed by atoms with van der Waals surface area (Å²) in [6.07, 6.45) is 17.0. The lowest BCUT2D eigenvalue weighted by molar-refractivity contribution is -0.0989. The van der Waals surface area contributed by atoms with Crippen molar-refractivity contribution in [1.82, 2.24) is 4.98 Å². The van der Waals surface area contributed by atoms with Crippen molar-refractivity contribution in [2.45, 2.75) is 70.3 Å². The normalized spacial score (nSPS) is 34.0. The molecule has 0 unspecified atom stereocenters. The molecule has 3 fully saturated rings. The lowest BCUT2D eigenvalue weighted by Crippen LogP contribution is -2.53. The predicted octanol–water partition coefficient (Wildman–Crippen LogP) is 7.23. The van der Waals surface area contributed by atoms with Crippen LogP contribution < -0.4 is 0 Å². The quantitative estimate of drug-likeness (QED) is 0.167. The van der Waals surface area contributed by atoms with E-state index in [4.69, 9.17) is 16.2 Å². The van der Waals surface area contributed by atoms with E-state index in [0.717, 1.165) is 79.8 Å². The van der Waals surface area contributed by atoms with Crippen LogP contribution in [0.25, 0.3) is 21.8 Å². The molecule has 1 heterocycles. The molecule has 2 aromatic carbocycles. The number of carbonyl (C=O) groups is 1. The number of carbonyl (C=O) groups excluding carboxylic acids is 1. The summed E-state index contributed by atoms with van der Waals surface area (Å²) in [5.74, 6) is 4.69. The first-order valence-electron chi connectivity index (χ1n) is 14.9. The van der Waals surface area contributed by atoms with Gasteiger partial charge in [-0.1, -0.05) is 53.9 Å². The van der Waals surface area contributed by atoms with E-state index in [1.54, 1.807) is 6.07 Å². The highest BCUT2D eigenvalue weighted by Gasteiger charge is 2.63. The number of nitrogens with zero attached hydrogens (tertiary/aromatic N) is 2. The van der Waals surface area contributed by atoms with Gasteiger partial charge in [0.25, 0.3) is 0 Å². The number of hydrogen-bond donors (Lipinski definition) is 1. The first-order chi connectivity index (χ1) is 19.5. The Morgan fingerprint density at radius 2 is 1.93 bits per heavy atom. The van der Waals surface area contributed by atoms with Gasteiger partial charge in [-0.3, -0.25) is 0 Å². The van der Waals surface area contributed by atoms with Gasteiger partial charge in [-0.2, -0.15) is 0 Å². The number of hydrogen-bond acceptors (Lipinski definition) is 5. The van der Waals surface area contributed by atoms with Crippen LogP contribution in [0.1, 0.15) is 75.1 Å². The van der Waals surface area contributed by atoms with Crippen molar-refractivity contribution < 1.29 is 14.7 Å². The maximum absolute atomic E-state index is 13.1. The van der Waals surface area contributed by atoms with Gasteiger partial charge >= 0.3 is 5.97 Å². The second-order valence-electron chi connectivity index (χ2n) is 12.4. The van der Waals surface area contributed by atoms with Crippen molar-refractivity contribution in [3.63, 3.8) is 0 Å². The summed E-state index contributed by atoms with van der Waals surface area (Å²) in [5, 5.41) is 17.7. The summed E-state index contributed by atoms with van der Waals surface area (Å²) in [5.41, 5.74) is 3.14. The number of rotatable bonds is 3. The third-order valence-corrected chi connectivity index (χ3v) is 11.0. The Morgan fingerprint density at radius 3 is 2.77 bits per heavy atom. The Kier molecular flexibility index (Phi) is 6.09. The van der Waals surface area contributed by atoms with Crippen LogP contribution in [0, 0.1) is 41.4 Å². The summed E-state index contributed by atoms with van der Waals surface area (Å²) in [6, 6.07) is 15.5. The molecule has 3 saturated carbocycles. The predicted molar refractivity (Wildman–Crippen MR) is 158 cm³/mol. The average molecular weight is 533 g/mol. The van der Waals surface area contributed by atoms with Gasteiger partial charge in [-0.25, -0.2) is 9.78 Å². The zero-order chi connectivity index (χ0) is 27.5. The molecule has 7 rings (SSSR count). The van der Waals surface area contributed by atoms with Crippen LogP contribution in [0.5, 0.6) is 0 Å². The summed E-state index contributed by atoms with van der Waals surface area (Å²) >= 11 is 0. The molecule has 0 spiro atoms. The SMILES string of the molecule is C#C[C@]1(O)CC[C@H]2[C@@H]3CCC4=CC(=NOC(=O)c5cccc6cc7ccccc7nc56)CC[C@@H]4[C@H]3CC[C@@]21CC. The van der Waals surface area contributed by atoms with Gasteiger partial charge in [0.1, 0.15) is 5.60 Å². The first kappa shape index (κ1) is 25.5. The molecule has 204 valence electrons. The van der Waals surface area contributed by atoms with E-state index >= 15 is 0 Å². The molecule has 4 aliphatic rings. The molecule has 40 heavy (non-hydrogen) atoms. The minimum atomic E-state index is -0.948. The first-order valence-corrected chi connectivity index (χ1v) is 14.9. The minimum absolute atomic E-state index is 0.123. The fourth-order valence-corrected chi connectivity index (χ4v) is 9.16. The van der Waals surface area contributed by atoms with E-state index in [-0.39, 0.29) is 5.41 Å². The largest absolute Gasteiger partial charge is 0.377 e. The highest BCUT2D eigenvalue weighted by atomic mass is 16.7. The average Bonchev–Trinajstić information content (AvgIpc) is 3.31. The molecule has 3 aromatic rings. The molecule has 1 N–H and O–H groups in total. The molecule has 0 radical (unpaired) electrons. The number of fused-ring (bicyclic) bond motifs is 7. The second kappa shape index (κ2) is 9.56. The molecule has 6 atom stereocenters. The van der Waals surface area contributed by atoms with Crippen molar-refractivity contribution in [1.29, 1.82) is 0 Å². The van der Waals surface area contributed by atoms with Crippen LogP contribution in [0.4, 0.5) is 0 Å². The standard InChI is InChI=1S/C35H36N2O3/c1-3-34-18-16-27-26-15-13-25(21-22(26)12-14-28(27)30(34)17-19-35(34,39)4-2)37-40-33(38)29-10-7-9-24-20-23-8-5-6-11-31(23)36-32(24)29/h2,5-11,20-21,26-28,30,39H,3,12-19H2,1H3/t26-,27+,28+,30-,34-,35-/m0/s1. The number of aromatic nitrogens is 1. The molecule has 0 bridgehead atoms. The summed E-state index contributed by atoms with van der Waals surface area (Å²) in [4.78, 5) is 23.4. The maximum Gasteiger partial charge on any atom is 0.367 e. The lowest BCUT2D eigenvalue weighted by Gasteiger charge is -2.56. The monoisotopic (exact) mass is 532 g/mol. The van der Waals surface area contributed by atoms with Gasteiger partial charge in [0.05, 0.1) is 22.3 Å². The Balaban J connectivity index is 1.09. The van der Waals surface area contributed by atoms with Crippen molar-refractivity contribution in [2.24, 2.45) is 34.2 Å². The molecule has 5 nitrogen and oxygen atoms in total. The highest BCUT2D eigenvalue weighted by molar-refractivity contribution is 6.06. The number of para-hydroxylation sites is 2. The maximum atomic E-state index is 13.1. The van der Waals surface area contributed by atoms with Crippen LogP contribution in [0.15, 0.2) is 65.3 Å². The number of benzene rings is 2. The summed E-state index contributed by atoms with van der Waals surface area (Å²) in [6.45, 7) is 2.22.